The summed E-state index contributed by atoms with van der Waals surface area (Å²) >= 11 is 3.86. The van der Waals surface area contributed by atoms with E-state index in [2.05, 4.69) is 44.5 Å². The van der Waals surface area contributed by atoms with Crippen molar-refractivity contribution in [1.82, 2.24) is 15.0 Å². The molecule has 0 unspecified atom stereocenters. The average Bonchev–Trinajstić information content (AvgIpc) is 2.71. The minimum atomic E-state index is 0.580. The summed E-state index contributed by atoms with van der Waals surface area (Å²) in [6.45, 7) is 4.14. The largest absolute Gasteiger partial charge is 0.383 e. The highest BCUT2D eigenvalue weighted by Gasteiger charge is 2.10. The number of rotatable bonds is 4. The lowest BCUT2D eigenvalue weighted by Crippen LogP contribution is -2.08. The zero-order chi connectivity index (χ0) is 13.1. The molecule has 0 amide bonds. The molecule has 2 rings (SSSR count). The lowest BCUT2D eigenvalue weighted by Gasteiger charge is -2.07. The molecule has 2 N–H and O–H groups in total. The summed E-state index contributed by atoms with van der Waals surface area (Å²) < 4.78 is 0.979. The molecule has 96 valence electrons. The van der Waals surface area contributed by atoms with Gasteiger partial charge in [-0.05, 0) is 35.9 Å². The third kappa shape index (κ3) is 3.17. The van der Waals surface area contributed by atoms with E-state index < -0.39 is 0 Å². The molecule has 0 spiro atoms. The third-order valence-corrected chi connectivity index (χ3v) is 4.48. The Kier molecular flexibility index (Phi) is 4.50. The van der Waals surface area contributed by atoms with Gasteiger partial charge in [-0.1, -0.05) is 13.3 Å². The van der Waals surface area contributed by atoms with E-state index in [-0.39, 0.29) is 0 Å². The van der Waals surface area contributed by atoms with Crippen LogP contribution in [-0.4, -0.2) is 15.0 Å². The van der Waals surface area contributed by atoms with Gasteiger partial charge >= 0.3 is 0 Å². The van der Waals surface area contributed by atoms with Gasteiger partial charge in [-0.2, -0.15) is 0 Å². The van der Waals surface area contributed by atoms with E-state index in [0.717, 1.165) is 38.6 Å². The fourth-order valence-electron chi connectivity index (χ4n) is 1.70. The van der Waals surface area contributed by atoms with Crippen LogP contribution >= 0.6 is 33.9 Å². The van der Waals surface area contributed by atoms with Crippen molar-refractivity contribution in [2.75, 3.05) is 5.73 Å². The summed E-state index contributed by atoms with van der Waals surface area (Å²) in [6.07, 6.45) is 2.65. The summed E-state index contributed by atoms with van der Waals surface area (Å²) in [6, 6.07) is 0. The van der Waals surface area contributed by atoms with E-state index in [9.17, 15) is 0 Å². The highest BCUT2D eigenvalue weighted by molar-refractivity contribution is 14.1. The molecule has 0 saturated carbocycles. The fraction of sp³-hybridized carbons (Fsp3) is 0.417. The van der Waals surface area contributed by atoms with Crippen LogP contribution in [-0.2, 0) is 12.8 Å². The first-order chi connectivity index (χ1) is 8.60. The first-order valence-electron chi connectivity index (χ1n) is 5.82. The number of hydrogen-bond donors (Lipinski definition) is 1. The Labute approximate surface area is 124 Å². The van der Waals surface area contributed by atoms with Gasteiger partial charge in [0, 0.05) is 5.38 Å². The maximum Gasteiger partial charge on any atom is 0.140 e. The van der Waals surface area contributed by atoms with Crippen LogP contribution in [0.1, 0.15) is 35.6 Å². The molecule has 0 aliphatic rings. The number of nitrogen functional groups attached to an aromatic ring is 1. The SMILES string of the molecule is CCCc1nc(Cc2csc(C)n2)nc(N)c1I. The molecule has 0 saturated heterocycles. The second-order valence-electron chi connectivity index (χ2n) is 4.07. The van der Waals surface area contributed by atoms with Crippen LogP contribution in [0.15, 0.2) is 5.38 Å². The van der Waals surface area contributed by atoms with Crippen LogP contribution in [0.3, 0.4) is 0 Å². The summed E-state index contributed by atoms with van der Waals surface area (Å²) in [5.41, 5.74) is 8.00. The Bertz CT molecular complexity index is 553. The fourth-order valence-corrected chi connectivity index (χ4v) is 2.82. The number of nitrogens with two attached hydrogens (primary N) is 1. The minimum Gasteiger partial charge on any atom is -0.383 e. The van der Waals surface area contributed by atoms with Crippen LogP contribution < -0.4 is 5.73 Å². The monoisotopic (exact) mass is 374 g/mol. The molecular weight excluding hydrogens is 359 g/mol. The van der Waals surface area contributed by atoms with Gasteiger partial charge in [0.05, 0.1) is 26.4 Å². The van der Waals surface area contributed by atoms with E-state index in [1.807, 2.05) is 12.3 Å². The van der Waals surface area contributed by atoms with Crippen molar-refractivity contribution in [3.05, 3.63) is 31.2 Å². The summed E-state index contributed by atoms with van der Waals surface area (Å²) in [5.74, 6) is 1.35. The van der Waals surface area contributed by atoms with Crippen LogP contribution in [0.2, 0.25) is 0 Å². The van der Waals surface area contributed by atoms with E-state index in [0.29, 0.717) is 12.2 Å². The van der Waals surface area contributed by atoms with Crippen molar-refractivity contribution in [3.63, 3.8) is 0 Å². The topological polar surface area (TPSA) is 64.7 Å². The van der Waals surface area contributed by atoms with Gasteiger partial charge in [-0.15, -0.1) is 11.3 Å². The van der Waals surface area contributed by atoms with Crippen LogP contribution in [0.25, 0.3) is 0 Å². The van der Waals surface area contributed by atoms with E-state index in [1.54, 1.807) is 11.3 Å². The molecule has 0 fully saturated rings. The predicted molar refractivity (Wildman–Crippen MR) is 82.8 cm³/mol. The Balaban J connectivity index is 2.28. The predicted octanol–water partition coefficient (Wildman–Crippen LogP) is 2.97. The lowest BCUT2D eigenvalue weighted by molar-refractivity contribution is 0.831. The van der Waals surface area contributed by atoms with Gasteiger partial charge in [-0.25, -0.2) is 15.0 Å². The van der Waals surface area contributed by atoms with Gasteiger partial charge in [-0.3, -0.25) is 0 Å². The second-order valence-corrected chi connectivity index (χ2v) is 6.21. The van der Waals surface area contributed by atoms with Gasteiger partial charge in [0.1, 0.15) is 11.6 Å². The average molecular weight is 374 g/mol. The van der Waals surface area contributed by atoms with Crippen LogP contribution in [0, 0.1) is 10.5 Å². The number of aryl methyl sites for hydroxylation is 2. The molecule has 2 aromatic rings. The van der Waals surface area contributed by atoms with Gasteiger partial charge in [0.15, 0.2) is 0 Å². The molecule has 0 radical (unpaired) electrons. The molecule has 0 aromatic carbocycles. The summed E-state index contributed by atoms with van der Waals surface area (Å²) in [7, 11) is 0. The zero-order valence-corrected chi connectivity index (χ0v) is 13.4. The Morgan fingerprint density at radius 3 is 2.72 bits per heavy atom. The molecule has 0 atom stereocenters. The summed E-state index contributed by atoms with van der Waals surface area (Å²) in [5, 5.41) is 3.11. The molecule has 4 nitrogen and oxygen atoms in total. The van der Waals surface area contributed by atoms with Crippen molar-refractivity contribution < 1.29 is 0 Å². The molecule has 0 aliphatic carbocycles. The maximum atomic E-state index is 5.93. The molecule has 2 aromatic heterocycles. The van der Waals surface area contributed by atoms with Gasteiger partial charge < -0.3 is 5.73 Å². The third-order valence-electron chi connectivity index (χ3n) is 2.48. The first kappa shape index (κ1) is 13.7. The molecule has 6 heteroatoms. The minimum absolute atomic E-state index is 0.580. The van der Waals surface area contributed by atoms with Crippen molar-refractivity contribution in [1.29, 1.82) is 0 Å². The molecule has 0 bridgehead atoms. The molecule has 2 heterocycles. The Morgan fingerprint density at radius 1 is 1.33 bits per heavy atom. The lowest BCUT2D eigenvalue weighted by atomic mass is 10.2. The van der Waals surface area contributed by atoms with Crippen LogP contribution in [0.5, 0.6) is 0 Å². The quantitative estimate of drug-likeness (QED) is 0.836. The maximum absolute atomic E-state index is 5.93. The van der Waals surface area contributed by atoms with Crippen molar-refractivity contribution >= 4 is 39.7 Å². The number of halogens is 1. The number of hydrogen-bond acceptors (Lipinski definition) is 5. The second kappa shape index (κ2) is 5.92. The normalized spacial score (nSPS) is 10.8. The van der Waals surface area contributed by atoms with Crippen molar-refractivity contribution in [3.8, 4) is 0 Å². The van der Waals surface area contributed by atoms with Crippen LogP contribution in [0.4, 0.5) is 5.82 Å². The number of thiazole rings is 1. The Hall–Kier alpha value is -0.760. The number of anilines is 1. The van der Waals surface area contributed by atoms with Gasteiger partial charge in [0.2, 0.25) is 0 Å². The smallest absolute Gasteiger partial charge is 0.140 e. The van der Waals surface area contributed by atoms with Crippen molar-refractivity contribution in [2.45, 2.75) is 33.1 Å². The highest BCUT2D eigenvalue weighted by atomic mass is 127. The summed E-state index contributed by atoms with van der Waals surface area (Å²) in [4.78, 5) is 13.4. The zero-order valence-electron chi connectivity index (χ0n) is 10.4. The number of nitrogens with zero attached hydrogens (tertiary/aromatic N) is 3. The van der Waals surface area contributed by atoms with Crippen molar-refractivity contribution in [2.24, 2.45) is 0 Å². The van der Waals surface area contributed by atoms with E-state index in [4.69, 9.17) is 5.73 Å². The molecule has 18 heavy (non-hydrogen) atoms. The van der Waals surface area contributed by atoms with Gasteiger partial charge in [0.25, 0.3) is 0 Å². The number of aromatic nitrogens is 3. The Morgan fingerprint density at radius 2 is 2.11 bits per heavy atom. The first-order valence-corrected chi connectivity index (χ1v) is 7.77. The molecule has 0 aliphatic heterocycles. The van der Waals surface area contributed by atoms with E-state index >= 15 is 0 Å². The van der Waals surface area contributed by atoms with E-state index in [1.165, 1.54) is 0 Å². The standard InChI is InChI=1S/C12H15IN4S/c1-3-4-9-11(13)12(14)17-10(16-9)5-8-6-18-7(2)15-8/h6H,3-5H2,1-2H3,(H2,14,16,17). The highest BCUT2D eigenvalue weighted by Crippen LogP contribution is 2.19. The molecular formula is C12H15IN4S.